The molecule has 2 rings (SSSR count). The Hall–Kier alpha value is -1.94. The first-order valence-electron chi connectivity index (χ1n) is 6.85. The first-order chi connectivity index (χ1) is 9.88. The van der Waals surface area contributed by atoms with Gasteiger partial charge in [0, 0.05) is 6.20 Å². The van der Waals surface area contributed by atoms with Gasteiger partial charge in [0.05, 0.1) is 5.69 Å². The highest BCUT2D eigenvalue weighted by molar-refractivity contribution is 7.80. The van der Waals surface area contributed by atoms with Crippen molar-refractivity contribution in [3.05, 3.63) is 59.4 Å². The van der Waals surface area contributed by atoms with Crippen LogP contribution in [0.2, 0.25) is 0 Å². The standard InChI is InChI=1S/C17H20N2OS/c1-17(2,3)13-6-4-5-7-15(13)20-11-12-8-9-19-14(10-12)16(18)21/h4-10H,11H2,1-3H3,(H2,18,21). The maximum absolute atomic E-state index is 5.97. The summed E-state index contributed by atoms with van der Waals surface area (Å²) in [5, 5.41) is 0. The second-order valence-corrected chi connectivity index (χ2v) is 6.39. The van der Waals surface area contributed by atoms with Gasteiger partial charge in [0.25, 0.3) is 0 Å². The molecular weight excluding hydrogens is 280 g/mol. The summed E-state index contributed by atoms with van der Waals surface area (Å²) in [6.45, 7) is 6.98. The van der Waals surface area contributed by atoms with E-state index in [1.54, 1.807) is 6.20 Å². The second-order valence-electron chi connectivity index (χ2n) is 5.95. The Balaban J connectivity index is 2.17. The minimum atomic E-state index is 0.0405. The van der Waals surface area contributed by atoms with Crippen LogP contribution in [0.4, 0.5) is 0 Å². The number of ether oxygens (including phenoxy) is 1. The zero-order valence-corrected chi connectivity index (χ0v) is 13.4. The highest BCUT2D eigenvalue weighted by Crippen LogP contribution is 2.31. The molecule has 0 radical (unpaired) electrons. The molecule has 1 aromatic carbocycles. The Morgan fingerprint density at radius 1 is 1.24 bits per heavy atom. The van der Waals surface area contributed by atoms with Crippen molar-refractivity contribution >= 4 is 17.2 Å². The van der Waals surface area contributed by atoms with Gasteiger partial charge in [-0.25, -0.2) is 0 Å². The molecule has 0 aliphatic carbocycles. The van der Waals surface area contributed by atoms with Crippen LogP contribution in [0.3, 0.4) is 0 Å². The van der Waals surface area contributed by atoms with E-state index in [4.69, 9.17) is 22.7 Å². The SMILES string of the molecule is CC(C)(C)c1ccccc1OCc1ccnc(C(N)=S)c1. The Morgan fingerprint density at radius 3 is 2.62 bits per heavy atom. The molecule has 0 fully saturated rings. The summed E-state index contributed by atoms with van der Waals surface area (Å²) >= 11 is 4.94. The smallest absolute Gasteiger partial charge is 0.123 e. The highest BCUT2D eigenvalue weighted by Gasteiger charge is 2.18. The Labute approximate surface area is 131 Å². The third-order valence-corrected chi connectivity index (χ3v) is 3.38. The number of hydrogen-bond donors (Lipinski definition) is 1. The summed E-state index contributed by atoms with van der Waals surface area (Å²) in [6.07, 6.45) is 1.70. The summed E-state index contributed by atoms with van der Waals surface area (Å²) in [6, 6.07) is 11.9. The van der Waals surface area contributed by atoms with E-state index in [0.29, 0.717) is 17.3 Å². The van der Waals surface area contributed by atoms with Crippen LogP contribution >= 0.6 is 12.2 Å². The van der Waals surface area contributed by atoms with Crippen LogP contribution in [0.25, 0.3) is 0 Å². The number of para-hydroxylation sites is 1. The van der Waals surface area contributed by atoms with Crippen LogP contribution in [-0.2, 0) is 12.0 Å². The molecule has 110 valence electrons. The predicted molar refractivity (Wildman–Crippen MR) is 89.6 cm³/mol. The van der Waals surface area contributed by atoms with Crippen LogP contribution in [0.15, 0.2) is 42.6 Å². The lowest BCUT2D eigenvalue weighted by Crippen LogP contribution is -2.14. The minimum absolute atomic E-state index is 0.0405. The van der Waals surface area contributed by atoms with Gasteiger partial charge in [-0.05, 0) is 34.7 Å². The number of pyridine rings is 1. The molecular formula is C17H20N2OS. The molecule has 2 N–H and O–H groups in total. The summed E-state index contributed by atoms with van der Waals surface area (Å²) in [4.78, 5) is 4.43. The number of thiocarbonyl (C=S) groups is 1. The fourth-order valence-electron chi connectivity index (χ4n) is 2.07. The zero-order valence-electron chi connectivity index (χ0n) is 12.6. The van der Waals surface area contributed by atoms with E-state index >= 15 is 0 Å². The van der Waals surface area contributed by atoms with E-state index in [1.807, 2.05) is 30.3 Å². The van der Waals surface area contributed by atoms with Crippen molar-refractivity contribution in [3.63, 3.8) is 0 Å². The predicted octanol–water partition coefficient (Wildman–Crippen LogP) is 3.59. The number of aromatic nitrogens is 1. The van der Waals surface area contributed by atoms with Crippen LogP contribution in [-0.4, -0.2) is 9.97 Å². The van der Waals surface area contributed by atoms with E-state index in [1.165, 1.54) is 5.56 Å². The van der Waals surface area contributed by atoms with Crippen molar-refractivity contribution in [3.8, 4) is 5.75 Å². The molecule has 0 aliphatic heterocycles. The first-order valence-corrected chi connectivity index (χ1v) is 7.26. The molecule has 21 heavy (non-hydrogen) atoms. The molecule has 0 saturated carbocycles. The van der Waals surface area contributed by atoms with Crippen LogP contribution in [0, 0.1) is 0 Å². The maximum Gasteiger partial charge on any atom is 0.123 e. The molecule has 0 saturated heterocycles. The molecule has 0 spiro atoms. The monoisotopic (exact) mass is 300 g/mol. The number of nitrogens with two attached hydrogens (primary N) is 1. The fourth-order valence-corrected chi connectivity index (χ4v) is 2.18. The summed E-state index contributed by atoms with van der Waals surface area (Å²) in [5.74, 6) is 0.902. The summed E-state index contributed by atoms with van der Waals surface area (Å²) in [5.41, 5.74) is 8.45. The van der Waals surface area contributed by atoms with Gasteiger partial charge in [0.1, 0.15) is 17.3 Å². The van der Waals surface area contributed by atoms with Crippen molar-refractivity contribution in [1.82, 2.24) is 4.98 Å². The van der Waals surface area contributed by atoms with Gasteiger partial charge in [-0.2, -0.15) is 0 Å². The zero-order chi connectivity index (χ0) is 15.5. The van der Waals surface area contributed by atoms with E-state index < -0.39 is 0 Å². The number of nitrogens with zero attached hydrogens (tertiary/aromatic N) is 1. The van der Waals surface area contributed by atoms with E-state index in [2.05, 4.69) is 31.8 Å². The van der Waals surface area contributed by atoms with Gasteiger partial charge in [0.15, 0.2) is 0 Å². The molecule has 0 unspecified atom stereocenters. The Kier molecular flexibility index (Phi) is 4.58. The van der Waals surface area contributed by atoms with Crippen molar-refractivity contribution in [2.24, 2.45) is 5.73 Å². The van der Waals surface area contributed by atoms with Crippen LogP contribution in [0.1, 0.15) is 37.6 Å². The molecule has 0 aliphatic rings. The lowest BCUT2D eigenvalue weighted by atomic mass is 9.86. The quantitative estimate of drug-likeness (QED) is 0.877. The molecule has 0 amide bonds. The largest absolute Gasteiger partial charge is 0.489 e. The Morgan fingerprint density at radius 2 is 1.95 bits per heavy atom. The van der Waals surface area contributed by atoms with Gasteiger partial charge >= 0.3 is 0 Å². The van der Waals surface area contributed by atoms with E-state index in [0.717, 1.165) is 11.3 Å². The van der Waals surface area contributed by atoms with Gasteiger partial charge in [-0.15, -0.1) is 0 Å². The van der Waals surface area contributed by atoms with Gasteiger partial charge in [-0.3, -0.25) is 4.98 Å². The van der Waals surface area contributed by atoms with Crippen molar-refractivity contribution in [1.29, 1.82) is 0 Å². The van der Waals surface area contributed by atoms with Gasteiger partial charge in [-0.1, -0.05) is 51.2 Å². The lowest BCUT2D eigenvalue weighted by Gasteiger charge is -2.22. The third-order valence-electron chi connectivity index (χ3n) is 3.17. The molecule has 1 aromatic heterocycles. The number of benzene rings is 1. The van der Waals surface area contributed by atoms with E-state index in [-0.39, 0.29) is 5.41 Å². The molecule has 0 atom stereocenters. The van der Waals surface area contributed by atoms with Crippen LogP contribution < -0.4 is 10.5 Å². The molecule has 4 heteroatoms. The average Bonchev–Trinajstić information content (AvgIpc) is 2.45. The third kappa shape index (κ3) is 4.02. The Bertz CT molecular complexity index is 647. The molecule has 2 aromatic rings. The van der Waals surface area contributed by atoms with Crippen molar-refractivity contribution in [2.75, 3.05) is 0 Å². The molecule has 1 heterocycles. The van der Waals surface area contributed by atoms with Crippen molar-refractivity contribution < 1.29 is 4.74 Å². The number of rotatable bonds is 4. The highest BCUT2D eigenvalue weighted by atomic mass is 32.1. The summed E-state index contributed by atoms with van der Waals surface area (Å²) < 4.78 is 5.97. The lowest BCUT2D eigenvalue weighted by molar-refractivity contribution is 0.297. The van der Waals surface area contributed by atoms with Gasteiger partial charge in [0.2, 0.25) is 0 Å². The van der Waals surface area contributed by atoms with Crippen LogP contribution in [0.5, 0.6) is 5.75 Å². The fraction of sp³-hybridized carbons (Fsp3) is 0.294. The average molecular weight is 300 g/mol. The van der Waals surface area contributed by atoms with E-state index in [9.17, 15) is 0 Å². The summed E-state index contributed by atoms with van der Waals surface area (Å²) in [7, 11) is 0. The molecule has 0 bridgehead atoms. The van der Waals surface area contributed by atoms with Gasteiger partial charge < -0.3 is 10.5 Å². The normalized spacial score (nSPS) is 11.2. The molecule has 3 nitrogen and oxygen atoms in total. The minimum Gasteiger partial charge on any atom is -0.489 e. The maximum atomic E-state index is 5.97. The topological polar surface area (TPSA) is 48.1 Å². The van der Waals surface area contributed by atoms with Crippen molar-refractivity contribution in [2.45, 2.75) is 32.8 Å². The second kappa shape index (κ2) is 6.22. The first kappa shape index (κ1) is 15.4. The number of hydrogen-bond acceptors (Lipinski definition) is 3.